The molecule has 2 heterocycles. The van der Waals surface area contributed by atoms with Crippen LogP contribution >= 0.6 is 11.8 Å². The summed E-state index contributed by atoms with van der Waals surface area (Å²) in [7, 11) is -3.82. The van der Waals surface area contributed by atoms with Gasteiger partial charge in [-0.1, -0.05) is 23.8 Å². The van der Waals surface area contributed by atoms with Gasteiger partial charge < -0.3 is 14.4 Å². The largest absolute Gasteiger partial charge is 0.360 e. The van der Waals surface area contributed by atoms with Gasteiger partial charge in [-0.25, -0.2) is 18.5 Å². The summed E-state index contributed by atoms with van der Waals surface area (Å²) in [6, 6.07) is 6.23. The molecule has 0 aliphatic rings. The topological polar surface area (TPSA) is 133 Å². The van der Waals surface area contributed by atoms with Crippen LogP contribution in [0.4, 0.5) is 5.82 Å². The van der Waals surface area contributed by atoms with Gasteiger partial charge in [-0.3, -0.25) is 4.79 Å². The number of nitrogens with two attached hydrogens (primary N) is 1. The van der Waals surface area contributed by atoms with Gasteiger partial charge >= 0.3 is 0 Å². The van der Waals surface area contributed by atoms with Gasteiger partial charge in [0.05, 0.1) is 21.2 Å². The van der Waals surface area contributed by atoms with Crippen LogP contribution in [-0.2, 0) is 21.4 Å². The Hall–Kier alpha value is -2.37. The molecule has 1 amide bonds. The van der Waals surface area contributed by atoms with Crippen molar-refractivity contribution in [1.82, 2.24) is 14.7 Å². The molecule has 3 rings (SSSR count). The minimum atomic E-state index is -3.82. The molecule has 0 radical (unpaired) electrons. The fourth-order valence-corrected chi connectivity index (χ4v) is 4.14. The summed E-state index contributed by atoms with van der Waals surface area (Å²) < 4.78 is 30.1. The summed E-state index contributed by atoms with van der Waals surface area (Å²) in [5.74, 6) is 0.722. The van der Waals surface area contributed by atoms with Gasteiger partial charge in [0, 0.05) is 12.6 Å². The molecule has 0 fully saturated rings. The van der Waals surface area contributed by atoms with E-state index in [0.717, 1.165) is 11.9 Å². The molecule has 28 heavy (non-hydrogen) atoms. The quantitative estimate of drug-likeness (QED) is 0.558. The Morgan fingerprint density at radius 3 is 2.75 bits per heavy atom. The number of anilines is 1. The number of hydrogen-bond donors (Lipinski definition) is 2. The van der Waals surface area contributed by atoms with E-state index in [-0.39, 0.29) is 10.8 Å². The lowest BCUT2D eigenvalue weighted by Crippen LogP contribution is -2.23. The van der Waals surface area contributed by atoms with E-state index < -0.39 is 15.3 Å². The van der Waals surface area contributed by atoms with Crippen molar-refractivity contribution >= 4 is 44.5 Å². The van der Waals surface area contributed by atoms with Crippen LogP contribution in [0.5, 0.6) is 0 Å². The number of benzene rings is 1. The molecular weight excluding hydrogens is 402 g/mol. The molecular formula is C17H21N5O4S2. The van der Waals surface area contributed by atoms with Crippen LogP contribution in [0.1, 0.15) is 26.0 Å². The number of aryl methyl sites for hydroxylation is 2. The molecule has 0 spiro atoms. The highest BCUT2D eigenvalue weighted by Crippen LogP contribution is 2.29. The SMILES string of the molecule is CCCn1c(S[C@H](C)C(=O)Nc2cc(C)on2)nc2cc(S(N)(=O)=O)ccc21. The van der Waals surface area contributed by atoms with Crippen molar-refractivity contribution < 1.29 is 17.7 Å². The summed E-state index contributed by atoms with van der Waals surface area (Å²) in [6.07, 6.45) is 0.856. The number of sulfonamides is 1. The molecule has 1 atom stereocenters. The third-order valence-electron chi connectivity index (χ3n) is 3.99. The summed E-state index contributed by atoms with van der Waals surface area (Å²) in [5, 5.41) is 11.8. The third kappa shape index (κ3) is 4.37. The molecule has 11 heteroatoms. The first-order chi connectivity index (χ1) is 13.2. The van der Waals surface area contributed by atoms with E-state index in [1.165, 1.54) is 23.9 Å². The minimum Gasteiger partial charge on any atom is -0.360 e. The van der Waals surface area contributed by atoms with Gasteiger partial charge in [0.25, 0.3) is 0 Å². The van der Waals surface area contributed by atoms with Gasteiger partial charge in [0.15, 0.2) is 11.0 Å². The molecule has 0 aliphatic carbocycles. The maximum atomic E-state index is 12.4. The molecule has 2 aromatic heterocycles. The van der Waals surface area contributed by atoms with E-state index in [1.54, 1.807) is 26.0 Å². The van der Waals surface area contributed by atoms with Crippen LogP contribution in [0.3, 0.4) is 0 Å². The highest BCUT2D eigenvalue weighted by Gasteiger charge is 2.21. The van der Waals surface area contributed by atoms with E-state index in [4.69, 9.17) is 9.66 Å². The van der Waals surface area contributed by atoms with Crippen molar-refractivity contribution in [2.45, 2.75) is 49.0 Å². The number of fused-ring (bicyclic) bond motifs is 1. The van der Waals surface area contributed by atoms with Gasteiger partial charge in [-0.05, 0) is 38.5 Å². The zero-order valence-corrected chi connectivity index (χ0v) is 17.3. The second kappa shape index (κ2) is 7.94. The second-order valence-electron chi connectivity index (χ2n) is 6.31. The number of rotatable bonds is 7. The lowest BCUT2D eigenvalue weighted by molar-refractivity contribution is -0.115. The Morgan fingerprint density at radius 1 is 1.39 bits per heavy atom. The Balaban J connectivity index is 1.88. The number of thioether (sulfide) groups is 1. The van der Waals surface area contributed by atoms with E-state index in [9.17, 15) is 13.2 Å². The highest BCUT2D eigenvalue weighted by atomic mass is 32.2. The number of primary sulfonamides is 1. The van der Waals surface area contributed by atoms with Gasteiger partial charge in [-0.2, -0.15) is 0 Å². The number of aromatic nitrogens is 3. The van der Waals surface area contributed by atoms with Gasteiger partial charge in [0.2, 0.25) is 15.9 Å². The average molecular weight is 424 g/mol. The van der Waals surface area contributed by atoms with Crippen molar-refractivity contribution in [3.05, 3.63) is 30.0 Å². The van der Waals surface area contributed by atoms with Crippen LogP contribution in [0, 0.1) is 6.92 Å². The van der Waals surface area contributed by atoms with Gasteiger partial charge in [0.1, 0.15) is 5.76 Å². The zero-order chi connectivity index (χ0) is 20.5. The number of nitrogens with one attached hydrogen (secondary N) is 1. The predicted molar refractivity (Wildman–Crippen MR) is 107 cm³/mol. The summed E-state index contributed by atoms with van der Waals surface area (Å²) in [4.78, 5) is 17.0. The maximum absolute atomic E-state index is 12.4. The number of nitrogens with zero attached hydrogens (tertiary/aromatic N) is 3. The number of amides is 1. The molecule has 9 nitrogen and oxygen atoms in total. The molecule has 0 unspecified atom stereocenters. The first kappa shape index (κ1) is 20.4. The van der Waals surface area contributed by atoms with Crippen LogP contribution in [0.25, 0.3) is 11.0 Å². The van der Waals surface area contributed by atoms with Crippen molar-refractivity contribution in [3.8, 4) is 0 Å². The Labute approximate surface area is 166 Å². The van der Waals surface area contributed by atoms with Crippen molar-refractivity contribution in [1.29, 1.82) is 0 Å². The molecule has 0 aliphatic heterocycles. The molecule has 3 N–H and O–H groups in total. The van der Waals surface area contributed by atoms with E-state index in [1.807, 2.05) is 11.5 Å². The average Bonchev–Trinajstić information content (AvgIpc) is 3.17. The van der Waals surface area contributed by atoms with Gasteiger partial charge in [-0.15, -0.1) is 0 Å². The van der Waals surface area contributed by atoms with Crippen molar-refractivity contribution in [2.75, 3.05) is 5.32 Å². The van der Waals surface area contributed by atoms with Crippen LogP contribution in [-0.4, -0.2) is 34.3 Å². The molecule has 0 saturated heterocycles. The standard InChI is InChI=1S/C17H21N5O4S2/c1-4-7-22-14-6-5-12(28(18,24)25)9-13(14)19-17(22)27-11(3)16(23)20-15-8-10(2)26-21-15/h5-6,8-9,11H,4,7H2,1-3H3,(H2,18,24,25)(H,20,21,23)/t11-/m1/s1. The van der Waals surface area contributed by atoms with Crippen LogP contribution in [0.2, 0.25) is 0 Å². The fraction of sp³-hybridized carbons (Fsp3) is 0.353. The number of imidazole rings is 1. The first-order valence-corrected chi connectivity index (χ1v) is 11.1. The third-order valence-corrected chi connectivity index (χ3v) is 5.99. The van der Waals surface area contributed by atoms with Crippen molar-refractivity contribution in [3.63, 3.8) is 0 Å². The van der Waals surface area contributed by atoms with E-state index in [2.05, 4.69) is 15.5 Å². The Bertz CT molecular complexity index is 1120. The number of carbonyl (C=O) groups is 1. The molecule has 0 bridgehead atoms. The maximum Gasteiger partial charge on any atom is 0.238 e. The van der Waals surface area contributed by atoms with Crippen LogP contribution < -0.4 is 10.5 Å². The molecule has 0 saturated carbocycles. The lowest BCUT2D eigenvalue weighted by Gasteiger charge is -2.12. The second-order valence-corrected chi connectivity index (χ2v) is 9.18. The minimum absolute atomic E-state index is 0.00453. The molecule has 1 aromatic carbocycles. The Morgan fingerprint density at radius 2 is 2.14 bits per heavy atom. The lowest BCUT2D eigenvalue weighted by atomic mass is 10.3. The first-order valence-electron chi connectivity index (χ1n) is 8.63. The monoisotopic (exact) mass is 423 g/mol. The fourth-order valence-electron chi connectivity index (χ4n) is 2.66. The summed E-state index contributed by atoms with van der Waals surface area (Å²) in [6.45, 7) is 6.22. The summed E-state index contributed by atoms with van der Waals surface area (Å²) >= 11 is 1.28. The zero-order valence-electron chi connectivity index (χ0n) is 15.7. The van der Waals surface area contributed by atoms with E-state index >= 15 is 0 Å². The van der Waals surface area contributed by atoms with Crippen LogP contribution in [0.15, 0.2) is 38.8 Å². The number of hydrogen-bond acceptors (Lipinski definition) is 7. The molecule has 3 aromatic rings. The van der Waals surface area contributed by atoms with E-state index in [0.29, 0.717) is 28.8 Å². The highest BCUT2D eigenvalue weighted by molar-refractivity contribution is 8.00. The normalized spacial score (nSPS) is 13.0. The van der Waals surface area contributed by atoms with Crippen molar-refractivity contribution in [2.24, 2.45) is 5.14 Å². The number of carbonyl (C=O) groups excluding carboxylic acids is 1. The Kier molecular flexibility index (Phi) is 5.77. The summed E-state index contributed by atoms with van der Waals surface area (Å²) in [5.41, 5.74) is 1.30. The predicted octanol–water partition coefficient (Wildman–Crippen LogP) is 2.51. The smallest absolute Gasteiger partial charge is 0.238 e. The molecule has 150 valence electrons.